The number of anilines is 1. The second-order valence-corrected chi connectivity index (χ2v) is 7.59. The van der Waals surface area contributed by atoms with Crippen molar-refractivity contribution in [1.29, 1.82) is 0 Å². The van der Waals surface area contributed by atoms with Crippen molar-refractivity contribution < 1.29 is 9.53 Å². The first-order valence-electron chi connectivity index (χ1n) is 7.93. The lowest BCUT2D eigenvalue weighted by Gasteiger charge is -2.27. The van der Waals surface area contributed by atoms with E-state index in [0.29, 0.717) is 17.2 Å². The van der Waals surface area contributed by atoms with Crippen LogP contribution < -0.4 is 10.1 Å². The fourth-order valence-corrected chi connectivity index (χ4v) is 3.49. The van der Waals surface area contributed by atoms with E-state index in [9.17, 15) is 4.79 Å². The van der Waals surface area contributed by atoms with Gasteiger partial charge in [-0.3, -0.25) is 9.48 Å². The van der Waals surface area contributed by atoms with Crippen LogP contribution in [-0.4, -0.2) is 22.8 Å². The summed E-state index contributed by atoms with van der Waals surface area (Å²) < 4.78 is 6.99. The standard InChI is InChI=1S/C18H22ClN3O2/c1-18(2,3)16-15-11(9-14(23)20-17(15)22(4)21-16)10-6-7-13(24-5)12(19)8-10/h6-8,11H,9H2,1-5H3,(H,20,23). The molecule has 0 saturated carbocycles. The Morgan fingerprint density at radius 2 is 2.08 bits per heavy atom. The van der Waals surface area contributed by atoms with Crippen LogP contribution in [-0.2, 0) is 17.3 Å². The molecule has 1 aliphatic rings. The van der Waals surface area contributed by atoms with E-state index >= 15 is 0 Å². The van der Waals surface area contributed by atoms with E-state index in [1.165, 1.54) is 0 Å². The summed E-state index contributed by atoms with van der Waals surface area (Å²) in [7, 11) is 3.45. The molecule has 2 aromatic rings. The van der Waals surface area contributed by atoms with Crippen molar-refractivity contribution in [2.45, 2.75) is 38.5 Å². The highest BCUT2D eigenvalue weighted by atomic mass is 35.5. The molecule has 1 aromatic carbocycles. The number of nitrogens with zero attached hydrogens (tertiary/aromatic N) is 2. The molecule has 0 aliphatic carbocycles. The number of hydrogen-bond acceptors (Lipinski definition) is 3. The quantitative estimate of drug-likeness (QED) is 0.897. The molecule has 24 heavy (non-hydrogen) atoms. The molecule has 1 aromatic heterocycles. The maximum Gasteiger partial charge on any atom is 0.226 e. The number of hydrogen-bond donors (Lipinski definition) is 1. The average molecular weight is 348 g/mol. The number of amides is 1. The predicted octanol–water partition coefficient (Wildman–Crippen LogP) is 3.85. The van der Waals surface area contributed by atoms with E-state index in [1.54, 1.807) is 11.8 Å². The molecule has 1 unspecified atom stereocenters. The number of aromatic nitrogens is 2. The highest BCUT2D eigenvalue weighted by Crippen LogP contribution is 2.43. The maximum absolute atomic E-state index is 12.2. The molecule has 0 saturated heterocycles. The van der Waals surface area contributed by atoms with Crippen molar-refractivity contribution in [1.82, 2.24) is 9.78 Å². The lowest BCUT2D eigenvalue weighted by Crippen LogP contribution is -2.26. The Morgan fingerprint density at radius 3 is 2.67 bits per heavy atom. The van der Waals surface area contributed by atoms with Crippen LogP contribution in [0.15, 0.2) is 18.2 Å². The Labute approximate surface area is 147 Å². The number of carbonyl (C=O) groups is 1. The highest BCUT2D eigenvalue weighted by molar-refractivity contribution is 6.32. The largest absolute Gasteiger partial charge is 0.495 e. The van der Waals surface area contributed by atoms with Gasteiger partial charge in [-0.25, -0.2) is 0 Å². The third-order valence-electron chi connectivity index (χ3n) is 4.37. The lowest BCUT2D eigenvalue weighted by atomic mass is 9.79. The minimum Gasteiger partial charge on any atom is -0.495 e. The first-order valence-corrected chi connectivity index (χ1v) is 8.31. The maximum atomic E-state index is 12.2. The summed E-state index contributed by atoms with van der Waals surface area (Å²) >= 11 is 6.30. The Kier molecular flexibility index (Phi) is 4.08. The van der Waals surface area contributed by atoms with Crippen LogP contribution in [0.25, 0.3) is 0 Å². The SMILES string of the molecule is COc1ccc(C2CC(=O)Nc3c2c(C(C)(C)C)nn3C)cc1Cl. The Morgan fingerprint density at radius 1 is 1.38 bits per heavy atom. The van der Waals surface area contributed by atoms with Crippen LogP contribution in [0.1, 0.15) is 49.9 Å². The normalized spacial score (nSPS) is 17.4. The Hall–Kier alpha value is -2.01. The fourth-order valence-electron chi connectivity index (χ4n) is 3.23. The zero-order chi connectivity index (χ0) is 17.6. The first kappa shape index (κ1) is 16.8. The zero-order valence-corrected chi connectivity index (χ0v) is 15.4. The molecule has 0 bridgehead atoms. The van der Waals surface area contributed by atoms with E-state index in [0.717, 1.165) is 22.6 Å². The van der Waals surface area contributed by atoms with Crippen molar-refractivity contribution in [2.24, 2.45) is 7.05 Å². The van der Waals surface area contributed by atoms with Gasteiger partial charge < -0.3 is 10.1 Å². The Balaban J connectivity index is 2.18. The fraction of sp³-hybridized carbons (Fsp3) is 0.444. The highest BCUT2D eigenvalue weighted by Gasteiger charge is 2.36. The summed E-state index contributed by atoms with van der Waals surface area (Å²) in [6.07, 6.45) is 0.379. The van der Waals surface area contributed by atoms with Crippen molar-refractivity contribution >= 4 is 23.3 Å². The van der Waals surface area contributed by atoms with Gasteiger partial charge in [0.1, 0.15) is 11.6 Å². The van der Waals surface area contributed by atoms with Gasteiger partial charge in [0.15, 0.2) is 0 Å². The van der Waals surface area contributed by atoms with Gasteiger partial charge >= 0.3 is 0 Å². The molecule has 0 fully saturated rings. The number of fused-ring (bicyclic) bond motifs is 1. The number of methoxy groups -OCH3 is 1. The van der Waals surface area contributed by atoms with Crippen LogP contribution in [0, 0.1) is 0 Å². The number of rotatable bonds is 2. The van der Waals surface area contributed by atoms with Gasteiger partial charge in [0.05, 0.1) is 17.8 Å². The Bertz CT molecular complexity index is 805. The molecular formula is C18H22ClN3O2. The lowest BCUT2D eigenvalue weighted by molar-refractivity contribution is -0.116. The van der Waals surface area contributed by atoms with Crippen LogP contribution >= 0.6 is 11.6 Å². The van der Waals surface area contributed by atoms with Crippen LogP contribution in [0.2, 0.25) is 5.02 Å². The predicted molar refractivity (Wildman–Crippen MR) is 95.0 cm³/mol. The van der Waals surface area contributed by atoms with Crippen molar-refractivity contribution in [3.8, 4) is 5.75 Å². The molecule has 5 nitrogen and oxygen atoms in total. The van der Waals surface area contributed by atoms with Crippen LogP contribution in [0.3, 0.4) is 0 Å². The number of nitrogens with one attached hydrogen (secondary N) is 1. The van der Waals surface area contributed by atoms with Gasteiger partial charge in [-0.1, -0.05) is 38.4 Å². The van der Waals surface area contributed by atoms with Gasteiger partial charge in [0.25, 0.3) is 0 Å². The second kappa shape index (κ2) is 5.81. The number of aryl methyl sites for hydroxylation is 1. The molecule has 0 radical (unpaired) electrons. The number of benzene rings is 1. The molecule has 3 rings (SSSR count). The summed E-state index contributed by atoms with van der Waals surface area (Å²) in [5, 5.41) is 8.18. The van der Waals surface area contributed by atoms with E-state index in [-0.39, 0.29) is 17.2 Å². The van der Waals surface area contributed by atoms with Crippen molar-refractivity contribution in [3.05, 3.63) is 40.0 Å². The summed E-state index contributed by atoms with van der Waals surface area (Å²) in [5.41, 5.74) is 2.94. The molecule has 1 atom stereocenters. The molecule has 6 heteroatoms. The van der Waals surface area contributed by atoms with Gasteiger partial charge in [-0.2, -0.15) is 5.10 Å². The van der Waals surface area contributed by atoms with E-state index in [1.807, 2.05) is 25.2 Å². The van der Waals surface area contributed by atoms with E-state index in [2.05, 4.69) is 31.2 Å². The summed E-state index contributed by atoms with van der Waals surface area (Å²) in [6, 6.07) is 5.70. The monoisotopic (exact) mass is 347 g/mol. The molecule has 2 heterocycles. The van der Waals surface area contributed by atoms with Crippen molar-refractivity contribution in [3.63, 3.8) is 0 Å². The van der Waals surface area contributed by atoms with Crippen LogP contribution in [0.5, 0.6) is 5.75 Å². The van der Waals surface area contributed by atoms with Gasteiger partial charge in [-0.15, -0.1) is 0 Å². The molecule has 1 N–H and O–H groups in total. The minimum atomic E-state index is -0.123. The smallest absolute Gasteiger partial charge is 0.226 e. The molecular weight excluding hydrogens is 326 g/mol. The summed E-state index contributed by atoms with van der Waals surface area (Å²) in [6.45, 7) is 6.39. The number of carbonyl (C=O) groups excluding carboxylic acids is 1. The number of ether oxygens (including phenoxy) is 1. The molecule has 1 amide bonds. The molecule has 128 valence electrons. The van der Waals surface area contributed by atoms with E-state index in [4.69, 9.17) is 16.3 Å². The third kappa shape index (κ3) is 2.77. The molecule has 1 aliphatic heterocycles. The van der Waals surface area contributed by atoms with Gasteiger partial charge in [0, 0.05) is 30.4 Å². The second-order valence-electron chi connectivity index (χ2n) is 7.18. The first-order chi connectivity index (χ1) is 11.2. The van der Waals surface area contributed by atoms with E-state index < -0.39 is 0 Å². The van der Waals surface area contributed by atoms with Crippen LogP contribution in [0.4, 0.5) is 5.82 Å². The number of halogens is 1. The van der Waals surface area contributed by atoms with Gasteiger partial charge in [-0.05, 0) is 17.7 Å². The zero-order valence-electron chi connectivity index (χ0n) is 14.6. The minimum absolute atomic E-state index is 0.0112. The topological polar surface area (TPSA) is 56.1 Å². The average Bonchev–Trinajstić information content (AvgIpc) is 2.84. The summed E-state index contributed by atoms with van der Waals surface area (Å²) in [4.78, 5) is 12.2. The van der Waals surface area contributed by atoms with Gasteiger partial charge in [0.2, 0.25) is 5.91 Å². The third-order valence-corrected chi connectivity index (χ3v) is 4.66. The molecule has 0 spiro atoms. The van der Waals surface area contributed by atoms with Crippen molar-refractivity contribution in [2.75, 3.05) is 12.4 Å². The summed E-state index contributed by atoms with van der Waals surface area (Å²) in [5.74, 6) is 1.32.